The van der Waals surface area contributed by atoms with Crippen LogP contribution in [0, 0.1) is 0 Å². The maximum Gasteiger partial charge on any atom is 0.314 e. The van der Waals surface area contributed by atoms with Crippen LogP contribution in [-0.4, -0.2) is 41.8 Å². The summed E-state index contributed by atoms with van der Waals surface area (Å²) in [4.78, 5) is 12.8. The van der Waals surface area contributed by atoms with Crippen molar-refractivity contribution in [3.8, 4) is 0 Å². The lowest BCUT2D eigenvalue weighted by Crippen LogP contribution is -2.44. The number of nitrogens with zero attached hydrogens (tertiary/aromatic N) is 1. The first kappa shape index (κ1) is 14.7. The van der Waals surface area contributed by atoms with E-state index < -0.39 is 0 Å². The molecular weight excluding hydrogens is 254 g/mol. The molecule has 1 heterocycles. The number of aliphatic hydroxyl groups excluding tert-OH is 1. The number of primary amides is 1. The van der Waals surface area contributed by atoms with Gasteiger partial charge in [-0.2, -0.15) is 0 Å². The summed E-state index contributed by atoms with van der Waals surface area (Å²) in [7, 11) is 0. The second-order valence-corrected chi connectivity index (χ2v) is 5.27. The van der Waals surface area contributed by atoms with Gasteiger partial charge in [-0.25, -0.2) is 4.79 Å². The quantitative estimate of drug-likeness (QED) is 0.764. The van der Waals surface area contributed by atoms with Gasteiger partial charge in [0.25, 0.3) is 0 Å². The Labute approximate surface area is 119 Å². The van der Waals surface area contributed by atoms with Gasteiger partial charge in [-0.15, -0.1) is 0 Å². The summed E-state index contributed by atoms with van der Waals surface area (Å²) in [5.74, 6) is 0. The first-order chi connectivity index (χ1) is 9.69. The van der Waals surface area contributed by atoms with E-state index in [1.54, 1.807) is 4.90 Å². The summed E-state index contributed by atoms with van der Waals surface area (Å²) in [5.41, 5.74) is 7.62. The van der Waals surface area contributed by atoms with Gasteiger partial charge in [0.15, 0.2) is 0 Å². The van der Waals surface area contributed by atoms with E-state index in [1.807, 2.05) is 6.07 Å². The van der Waals surface area contributed by atoms with Crippen LogP contribution in [-0.2, 0) is 6.42 Å². The van der Waals surface area contributed by atoms with E-state index in [9.17, 15) is 4.79 Å². The highest BCUT2D eigenvalue weighted by molar-refractivity contribution is 5.72. The minimum absolute atomic E-state index is 0.225. The number of piperidine rings is 1. The van der Waals surface area contributed by atoms with Crippen molar-refractivity contribution in [2.45, 2.75) is 31.7 Å². The topological polar surface area (TPSA) is 78.6 Å². The normalized spacial score (nSPS) is 16.1. The predicted octanol–water partition coefficient (Wildman–Crippen LogP) is 1.57. The Morgan fingerprint density at radius 3 is 2.80 bits per heavy atom. The lowest BCUT2D eigenvalue weighted by molar-refractivity contribution is 0.193. The first-order valence-electron chi connectivity index (χ1n) is 7.20. The molecule has 1 aliphatic heterocycles. The smallest absolute Gasteiger partial charge is 0.314 e. The van der Waals surface area contributed by atoms with E-state index in [2.05, 4.69) is 23.5 Å². The Morgan fingerprint density at radius 1 is 1.40 bits per heavy atom. The number of carbonyl (C=O) groups is 1. The van der Waals surface area contributed by atoms with Gasteiger partial charge in [0.1, 0.15) is 0 Å². The third-order valence-electron chi connectivity index (χ3n) is 3.73. The van der Waals surface area contributed by atoms with Crippen molar-refractivity contribution in [2.75, 3.05) is 25.0 Å². The Bertz CT molecular complexity index is 442. The van der Waals surface area contributed by atoms with Crippen molar-refractivity contribution in [2.24, 2.45) is 5.73 Å². The number of nitrogens with one attached hydrogen (secondary N) is 1. The molecule has 5 nitrogen and oxygen atoms in total. The van der Waals surface area contributed by atoms with Crippen LogP contribution in [0.2, 0.25) is 0 Å². The predicted molar refractivity (Wildman–Crippen MR) is 79.6 cm³/mol. The summed E-state index contributed by atoms with van der Waals surface area (Å²) in [6.07, 6.45) is 3.53. The monoisotopic (exact) mass is 277 g/mol. The molecule has 0 spiro atoms. The molecule has 1 aromatic carbocycles. The molecule has 1 fully saturated rings. The Balaban J connectivity index is 1.86. The van der Waals surface area contributed by atoms with Gasteiger partial charge in [-0.1, -0.05) is 12.1 Å². The fraction of sp³-hybridized carbons (Fsp3) is 0.533. The number of aryl methyl sites for hydroxylation is 1. The molecule has 4 N–H and O–H groups in total. The fourth-order valence-corrected chi connectivity index (χ4v) is 2.58. The number of benzene rings is 1. The zero-order valence-electron chi connectivity index (χ0n) is 11.7. The molecule has 20 heavy (non-hydrogen) atoms. The van der Waals surface area contributed by atoms with Crippen molar-refractivity contribution in [1.29, 1.82) is 0 Å². The minimum atomic E-state index is -0.325. The van der Waals surface area contributed by atoms with Gasteiger partial charge in [0, 0.05) is 31.4 Å². The molecule has 1 aliphatic rings. The summed E-state index contributed by atoms with van der Waals surface area (Å²) < 4.78 is 0. The Hall–Kier alpha value is -1.75. The van der Waals surface area contributed by atoms with Crippen LogP contribution in [0.4, 0.5) is 10.5 Å². The zero-order valence-corrected chi connectivity index (χ0v) is 11.7. The van der Waals surface area contributed by atoms with Gasteiger partial charge in [-0.3, -0.25) is 0 Å². The number of aliphatic hydroxyl groups is 1. The molecule has 1 aromatic rings. The van der Waals surface area contributed by atoms with Crippen molar-refractivity contribution in [3.63, 3.8) is 0 Å². The summed E-state index contributed by atoms with van der Waals surface area (Å²) >= 11 is 0. The summed E-state index contributed by atoms with van der Waals surface area (Å²) in [6.45, 7) is 1.66. The maximum atomic E-state index is 11.1. The third kappa shape index (κ3) is 4.13. The summed E-state index contributed by atoms with van der Waals surface area (Å²) in [6, 6.07) is 8.37. The molecule has 0 atom stereocenters. The van der Waals surface area contributed by atoms with Crippen LogP contribution in [0.5, 0.6) is 0 Å². The number of hydrogen-bond acceptors (Lipinski definition) is 3. The van der Waals surface area contributed by atoms with Gasteiger partial charge in [0.2, 0.25) is 0 Å². The molecule has 5 heteroatoms. The largest absolute Gasteiger partial charge is 0.396 e. The minimum Gasteiger partial charge on any atom is -0.396 e. The number of hydrogen-bond donors (Lipinski definition) is 3. The highest BCUT2D eigenvalue weighted by Gasteiger charge is 2.20. The highest BCUT2D eigenvalue weighted by atomic mass is 16.2. The third-order valence-corrected chi connectivity index (χ3v) is 3.73. The molecule has 2 rings (SSSR count). The van der Waals surface area contributed by atoms with Crippen LogP contribution in [0.25, 0.3) is 0 Å². The number of nitrogens with two attached hydrogens (primary N) is 1. The second-order valence-electron chi connectivity index (χ2n) is 5.27. The molecule has 0 saturated carbocycles. The van der Waals surface area contributed by atoms with E-state index in [1.165, 1.54) is 5.56 Å². The standard InChI is InChI=1S/C15H23N3O2/c16-15(20)18-8-6-13(7-9-18)17-14-5-1-3-12(11-14)4-2-10-19/h1,3,5,11,13,17,19H,2,4,6-10H2,(H2,16,20). The fourth-order valence-electron chi connectivity index (χ4n) is 2.58. The average molecular weight is 277 g/mol. The Morgan fingerprint density at radius 2 is 2.15 bits per heavy atom. The second kappa shape index (κ2) is 7.14. The van der Waals surface area contributed by atoms with Crippen LogP contribution in [0.15, 0.2) is 24.3 Å². The van der Waals surface area contributed by atoms with Crippen LogP contribution in [0.3, 0.4) is 0 Å². The molecule has 1 saturated heterocycles. The van der Waals surface area contributed by atoms with E-state index in [4.69, 9.17) is 10.8 Å². The van der Waals surface area contributed by atoms with Gasteiger partial charge >= 0.3 is 6.03 Å². The lowest BCUT2D eigenvalue weighted by Gasteiger charge is -2.31. The number of anilines is 1. The average Bonchev–Trinajstić information content (AvgIpc) is 2.46. The number of rotatable bonds is 5. The van der Waals surface area contributed by atoms with Gasteiger partial charge < -0.3 is 21.1 Å². The summed E-state index contributed by atoms with van der Waals surface area (Å²) in [5, 5.41) is 12.4. The number of amides is 2. The van der Waals surface area contributed by atoms with Crippen molar-refractivity contribution in [3.05, 3.63) is 29.8 Å². The first-order valence-corrected chi connectivity index (χ1v) is 7.20. The van der Waals surface area contributed by atoms with Gasteiger partial charge in [-0.05, 0) is 43.4 Å². The van der Waals surface area contributed by atoms with E-state index in [-0.39, 0.29) is 12.6 Å². The lowest BCUT2D eigenvalue weighted by atomic mass is 10.0. The SMILES string of the molecule is NC(=O)N1CCC(Nc2cccc(CCCO)c2)CC1. The van der Waals surface area contributed by atoms with E-state index in [0.717, 1.165) is 44.5 Å². The highest BCUT2D eigenvalue weighted by Crippen LogP contribution is 2.18. The van der Waals surface area contributed by atoms with Crippen LogP contribution < -0.4 is 11.1 Å². The number of carbonyl (C=O) groups excluding carboxylic acids is 1. The van der Waals surface area contributed by atoms with E-state index >= 15 is 0 Å². The van der Waals surface area contributed by atoms with E-state index in [0.29, 0.717) is 6.04 Å². The molecule has 0 bridgehead atoms. The van der Waals surface area contributed by atoms with Crippen LogP contribution in [0.1, 0.15) is 24.8 Å². The maximum absolute atomic E-state index is 11.1. The number of likely N-dealkylation sites (tertiary alicyclic amines) is 1. The molecular formula is C15H23N3O2. The Kier molecular flexibility index (Phi) is 5.24. The molecule has 110 valence electrons. The molecule has 0 radical (unpaired) electrons. The molecule has 0 aromatic heterocycles. The van der Waals surface area contributed by atoms with Crippen molar-refractivity contribution in [1.82, 2.24) is 4.90 Å². The number of urea groups is 1. The molecule has 0 unspecified atom stereocenters. The molecule has 2 amide bonds. The molecule has 0 aliphatic carbocycles. The van der Waals surface area contributed by atoms with Gasteiger partial charge in [0.05, 0.1) is 0 Å². The van der Waals surface area contributed by atoms with Crippen LogP contribution >= 0.6 is 0 Å². The van der Waals surface area contributed by atoms with Crippen molar-refractivity contribution >= 4 is 11.7 Å². The zero-order chi connectivity index (χ0) is 14.4. The van der Waals surface area contributed by atoms with Crippen molar-refractivity contribution < 1.29 is 9.90 Å².